The van der Waals surface area contributed by atoms with Crippen LogP contribution in [0.4, 0.5) is 8.78 Å². The molecule has 0 saturated carbocycles. The van der Waals surface area contributed by atoms with Crippen molar-refractivity contribution < 1.29 is 28.5 Å². The average Bonchev–Trinajstić information content (AvgIpc) is 2.34. The molecular weight excluding hydrogens is 326 g/mol. The highest BCUT2D eigenvalue weighted by molar-refractivity contribution is 9.09. The first-order chi connectivity index (χ1) is 8.97. The Labute approximate surface area is 117 Å². The fourth-order valence-electron chi connectivity index (χ4n) is 1.70. The van der Waals surface area contributed by atoms with Gasteiger partial charge in [-0.05, 0) is 24.5 Å². The second-order valence-corrected chi connectivity index (χ2v) is 4.53. The maximum absolute atomic E-state index is 12.3. The molecule has 1 rings (SSSR count). The quantitative estimate of drug-likeness (QED) is 0.750. The fraction of sp³-hybridized carbons (Fsp3) is 0.417. The van der Waals surface area contributed by atoms with Gasteiger partial charge in [-0.25, -0.2) is 4.79 Å². The molecule has 0 radical (unpaired) electrons. The molecule has 4 nitrogen and oxygen atoms in total. The maximum atomic E-state index is 12.3. The summed E-state index contributed by atoms with van der Waals surface area (Å²) in [6.45, 7) is -3.08. The zero-order valence-corrected chi connectivity index (χ0v) is 11.4. The summed E-state index contributed by atoms with van der Waals surface area (Å²) in [5, 5.41) is 19.2. The number of rotatable bonds is 7. The van der Waals surface area contributed by atoms with Crippen LogP contribution in [0.15, 0.2) is 18.2 Å². The van der Waals surface area contributed by atoms with E-state index in [0.29, 0.717) is 23.7 Å². The van der Waals surface area contributed by atoms with E-state index in [1.165, 1.54) is 12.1 Å². The van der Waals surface area contributed by atoms with Crippen molar-refractivity contribution in [3.8, 4) is 5.75 Å². The van der Waals surface area contributed by atoms with Gasteiger partial charge in [-0.2, -0.15) is 8.78 Å². The number of aryl methyl sites for hydroxylation is 1. The minimum absolute atomic E-state index is 0.115. The second-order valence-electron chi connectivity index (χ2n) is 3.74. The van der Waals surface area contributed by atoms with Crippen molar-refractivity contribution in [3.63, 3.8) is 0 Å². The monoisotopic (exact) mass is 338 g/mol. The van der Waals surface area contributed by atoms with Crippen molar-refractivity contribution in [1.29, 1.82) is 0 Å². The summed E-state index contributed by atoms with van der Waals surface area (Å²) in [5.74, 6) is -1.82. The van der Waals surface area contributed by atoms with E-state index in [9.17, 15) is 18.7 Å². The highest BCUT2D eigenvalue weighted by Gasteiger charge is 2.25. The summed E-state index contributed by atoms with van der Waals surface area (Å²) in [4.78, 5) is 10.9. The number of hydrogen-bond acceptors (Lipinski definition) is 3. The summed E-state index contributed by atoms with van der Waals surface area (Å²) in [7, 11) is 0. The first-order valence-corrected chi connectivity index (χ1v) is 6.63. The van der Waals surface area contributed by atoms with E-state index in [0.717, 1.165) is 0 Å². The summed E-state index contributed by atoms with van der Waals surface area (Å²) in [6, 6.07) is 4.28. The molecule has 106 valence electrons. The summed E-state index contributed by atoms with van der Waals surface area (Å²) in [5.41, 5.74) is 0.365. The van der Waals surface area contributed by atoms with E-state index >= 15 is 0 Å². The number of halogens is 3. The highest BCUT2D eigenvalue weighted by atomic mass is 79.9. The van der Waals surface area contributed by atoms with Crippen LogP contribution in [0.1, 0.15) is 23.7 Å². The van der Waals surface area contributed by atoms with Gasteiger partial charge in [0.15, 0.2) is 6.10 Å². The largest absolute Gasteiger partial charge is 0.479 e. The standard InChI is InChI=1S/C12H13BrF2O4/c13-6-2-4-7-3-1-5-8(19-12(14)15)9(7)10(16)11(17)18/h1,3,5,10,12,16H,2,4,6H2,(H,17,18). The molecule has 0 amide bonds. The number of aliphatic hydroxyl groups is 1. The first-order valence-electron chi connectivity index (χ1n) is 5.50. The molecule has 1 aromatic carbocycles. The van der Waals surface area contributed by atoms with E-state index in [4.69, 9.17) is 5.11 Å². The predicted octanol–water partition coefficient (Wildman–Crippen LogP) is 2.73. The zero-order chi connectivity index (χ0) is 14.4. The van der Waals surface area contributed by atoms with Crippen molar-refractivity contribution in [2.75, 3.05) is 5.33 Å². The van der Waals surface area contributed by atoms with Crippen molar-refractivity contribution in [2.45, 2.75) is 25.6 Å². The molecule has 0 fully saturated rings. The van der Waals surface area contributed by atoms with Crippen LogP contribution < -0.4 is 4.74 Å². The number of benzene rings is 1. The van der Waals surface area contributed by atoms with Gasteiger partial charge in [0.1, 0.15) is 5.75 Å². The van der Waals surface area contributed by atoms with E-state index < -0.39 is 18.7 Å². The Hall–Kier alpha value is -1.21. The van der Waals surface area contributed by atoms with Crippen LogP contribution >= 0.6 is 15.9 Å². The van der Waals surface area contributed by atoms with Crippen LogP contribution in [0, 0.1) is 0 Å². The Morgan fingerprint density at radius 2 is 2.11 bits per heavy atom. The fourth-order valence-corrected chi connectivity index (χ4v) is 1.98. The number of aliphatic carboxylic acids is 1. The molecular formula is C12H13BrF2O4. The van der Waals surface area contributed by atoms with E-state index in [-0.39, 0.29) is 11.3 Å². The molecule has 0 aromatic heterocycles. The summed E-state index contributed by atoms with van der Waals surface area (Å²) in [6.07, 6.45) is -0.761. The number of ether oxygens (including phenoxy) is 1. The van der Waals surface area contributed by atoms with Gasteiger partial charge in [0.25, 0.3) is 0 Å². The van der Waals surface area contributed by atoms with E-state index in [1.807, 2.05) is 0 Å². The molecule has 1 atom stereocenters. The second kappa shape index (κ2) is 7.40. The van der Waals surface area contributed by atoms with Gasteiger partial charge < -0.3 is 14.9 Å². The summed E-state index contributed by atoms with van der Waals surface area (Å²) >= 11 is 3.23. The van der Waals surface area contributed by atoms with Gasteiger partial charge in [0, 0.05) is 10.9 Å². The van der Waals surface area contributed by atoms with Crippen LogP contribution in [0.25, 0.3) is 0 Å². The SMILES string of the molecule is O=C(O)C(O)c1c(CCCBr)cccc1OC(F)F. The Morgan fingerprint density at radius 1 is 1.42 bits per heavy atom. The van der Waals surface area contributed by atoms with Gasteiger partial charge in [-0.15, -0.1) is 0 Å². The van der Waals surface area contributed by atoms with Crippen LogP contribution in [0.3, 0.4) is 0 Å². The third-order valence-corrected chi connectivity index (χ3v) is 3.02. The molecule has 0 bridgehead atoms. The first kappa shape index (κ1) is 15.8. The third-order valence-electron chi connectivity index (χ3n) is 2.46. The molecule has 19 heavy (non-hydrogen) atoms. The van der Waals surface area contributed by atoms with Crippen molar-refractivity contribution in [3.05, 3.63) is 29.3 Å². The lowest BCUT2D eigenvalue weighted by molar-refractivity contribution is -0.147. The lowest BCUT2D eigenvalue weighted by Crippen LogP contribution is -2.16. The van der Waals surface area contributed by atoms with Gasteiger partial charge in [0.2, 0.25) is 0 Å². The number of alkyl halides is 3. The van der Waals surface area contributed by atoms with Crippen LogP contribution in [-0.4, -0.2) is 28.1 Å². The molecule has 1 unspecified atom stereocenters. The predicted molar refractivity (Wildman–Crippen MR) is 67.8 cm³/mol. The molecule has 0 spiro atoms. The third kappa shape index (κ3) is 4.43. The molecule has 0 saturated heterocycles. The molecule has 0 aliphatic carbocycles. The summed E-state index contributed by atoms with van der Waals surface area (Å²) < 4.78 is 28.8. The number of carboxylic acids is 1. The van der Waals surface area contributed by atoms with E-state index in [1.54, 1.807) is 6.07 Å². The van der Waals surface area contributed by atoms with Gasteiger partial charge in [-0.1, -0.05) is 28.1 Å². The van der Waals surface area contributed by atoms with Crippen molar-refractivity contribution >= 4 is 21.9 Å². The van der Waals surface area contributed by atoms with E-state index in [2.05, 4.69) is 20.7 Å². The highest BCUT2D eigenvalue weighted by Crippen LogP contribution is 2.31. The Morgan fingerprint density at radius 3 is 2.63 bits per heavy atom. The minimum atomic E-state index is -3.08. The Balaban J connectivity index is 3.18. The smallest absolute Gasteiger partial charge is 0.387 e. The maximum Gasteiger partial charge on any atom is 0.387 e. The van der Waals surface area contributed by atoms with Crippen LogP contribution in [-0.2, 0) is 11.2 Å². The van der Waals surface area contributed by atoms with Gasteiger partial charge >= 0.3 is 12.6 Å². The Bertz CT molecular complexity index is 440. The van der Waals surface area contributed by atoms with Crippen LogP contribution in [0.2, 0.25) is 0 Å². The van der Waals surface area contributed by atoms with Crippen molar-refractivity contribution in [1.82, 2.24) is 0 Å². The molecule has 1 aromatic rings. The van der Waals surface area contributed by atoms with Crippen LogP contribution in [0.5, 0.6) is 5.75 Å². The molecule has 0 aliphatic rings. The van der Waals surface area contributed by atoms with Crippen molar-refractivity contribution in [2.24, 2.45) is 0 Å². The van der Waals surface area contributed by atoms with Gasteiger partial charge in [0.05, 0.1) is 0 Å². The normalized spacial score (nSPS) is 12.5. The molecule has 2 N–H and O–H groups in total. The topological polar surface area (TPSA) is 66.8 Å². The number of carbonyl (C=O) groups is 1. The van der Waals surface area contributed by atoms with Gasteiger partial charge in [-0.3, -0.25) is 0 Å². The number of aliphatic hydroxyl groups excluding tert-OH is 1. The molecule has 7 heteroatoms. The zero-order valence-electron chi connectivity index (χ0n) is 9.85. The molecule has 0 aliphatic heterocycles. The number of hydrogen-bond donors (Lipinski definition) is 2. The lowest BCUT2D eigenvalue weighted by atomic mass is 9.98. The number of carboxylic acid groups (broad SMARTS) is 1. The molecule has 0 heterocycles. The average molecular weight is 339 g/mol. The minimum Gasteiger partial charge on any atom is -0.479 e. The Kier molecular flexibility index (Phi) is 6.17. The lowest BCUT2D eigenvalue weighted by Gasteiger charge is -2.17.